The Balaban J connectivity index is 2.73. The van der Waals surface area contributed by atoms with E-state index in [-0.39, 0.29) is 0 Å². The van der Waals surface area contributed by atoms with Gasteiger partial charge in [-0.05, 0) is 115 Å². The molecule has 2 aromatic rings. The average molecular weight is 535 g/mol. The van der Waals surface area contributed by atoms with Crippen LogP contribution in [0.15, 0.2) is 24.3 Å². The molecule has 2 heteroatoms. The van der Waals surface area contributed by atoms with Crippen LogP contribution in [0.2, 0.25) is 0 Å². The molecule has 4 unspecified atom stereocenters. The van der Waals surface area contributed by atoms with Crippen molar-refractivity contribution in [2.45, 2.75) is 163 Å². The molecule has 0 fully saturated rings. The molecule has 0 aliphatic carbocycles. The molecule has 0 aromatic heterocycles. The number of hydrogen-bond acceptors (Lipinski definition) is 2. The molecule has 220 valence electrons. The molecule has 0 aliphatic rings. The molecule has 0 saturated carbocycles. The molecule has 4 N–H and O–H groups in total. The Morgan fingerprint density at radius 2 is 0.667 bits per heavy atom. The molecule has 0 heterocycles. The van der Waals surface area contributed by atoms with Gasteiger partial charge in [0.1, 0.15) is 0 Å². The fourth-order valence-corrected chi connectivity index (χ4v) is 7.03. The first-order chi connectivity index (χ1) is 18.8. The Bertz CT molecular complexity index is 841. The summed E-state index contributed by atoms with van der Waals surface area (Å²) in [6, 6.07) is 9.85. The van der Waals surface area contributed by atoms with E-state index in [0.29, 0.717) is 23.7 Å². The van der Waals surface area contributed by atoms with E-state index < -0.39 is 0 Å². The van der Waals surface area contributed by atoms with Gasteiger partial charge >= 0.3 is 0 Å². The lowest BCUT2D eigenvalue weighted by Gasteiger charge is -2.26. The lowest BCUT2D eigenvalue weighted by molar-refractivity contribution is 0.582. The predicted octanol–water partition coefficient (Wildman–Crippen LogP) is 11.6. The van der Waals surface area contributed by atoms with Crippen LogP contribution in [0.5, 0.6) is 0 Å². The maximum absolute atomic E-state index is 6.99. The molecule has 4 atom stereocenters. The summed E-state index contributed by atoms with van der Waals surface area (Å²) in [5.74, 6) is 2.14. The third kappa shape index (κ3) is 8.51. The SMILES string of the molecule is CCCC(CC)c1cc(Cc2cc(C(CC)CCC)c(N)c(C(CC)CCC)c2)cc(C(CC)CCC)c1N. The van der Waals surface area contributed by atoms with Crippen LogP contribution in [0, 0.1) is 0 Å². The van der Waals surface area contributed by atoms with Gasteiger partial charge in [0.05, 0.1) is 0 Å². The van der Waals surface area contributed by atoms with Gasteiger partial charge in [0.15, 0.2) is 0 Å². The second-order valence-corrected chi connectivity index (χ2v) is 12.1. The quantitative estimate of drug-likeness (QED) is 0.187. The Morgan fingerprint density at radius 1 is 0.436 bits per heavy atom. The Kier molecular flexibility index (Phi) is 14.5. The van der Waals surface area contributed by atoms with Gasteiger partial charge in [-0.15, -0.1) is 0 Å². The van der Waals surface area contributed by atoms with Crippen LogP contribution in [0.4, 0.5) is 11.4 Å². The van der Waals surface area contributed by atoms with E-state index in [0.717, 1.165) is 43.5 Å². The van der Waals surface area contributed by atoms with E-state index in [4.69, 9.17) is 11.5 Å². The fraction of sp³-hybridized carbons (Fsp3) is 0.676. The van der Waals surface area contributed by atoms with Gasteiger partial charge in [-0.1, -0.05) is 105 Å². The van der Waals surface area contributed by atoms with Crippen LogP contribution in [-0.4, -0.2) is 0 Å². The summed E-state index contributed by atoms with van der Waals surface area (Å²) in [5, 5.41) is 0. The summed E-state index contributed by atoms with van der Waals surface area (Å²) in [6.07, 6.45) is 15.1. The number of anilines is 2. The molecule has 39 heavy (non-hydrogen) atoms. The Hall–Kier alpha value is -1.96. The fourth-order valence-electron chi connectivity index (χ4n) is 7.03. The maximum atomic E-state index is 6.99. The van der Waals surface area contributed by atoms with Crippen LogP contribution in [0.3, 0.4) is 0 Å². The van der Waals surface area contributed by atoms with Crippen LogP contribution < -0.4 is 11.5 Å². The second-order valence-electron chi connectivity index (χ2n) is 12.1. The first-order valence-corrected chi connectivity index (χ1v) is 16.7. The molecule has 0 saturated heterocycles. The Labute approximate surface area is 242 Å². The van der Waals surface area contributed by atoms with Crippen LogP contribution in [-0.2, 0) is 6.42 Å². The monoisotopic (exact) mass is 534 g/mol. The minimum Gasteiger partial charge on any atom is -0.398 e. The zero-order valence-corrected chi connectivity index (χ0v) is 27.0. The number of benzene rings is 2. The van der Waals surface area contributed by atoms with Crippen molar-refractivity contribution in [3.05, 3.63) is 57.6 Å². The molecule has 0 amide bonds. The standard InChI is InChI=1S/C37H62N2/c1-9-17-28(13-5)32-22-26(23-33(36(32)38)29(14-6)18-10-2)21-27-24-34(30(15-7)19-11-3)37(39)35(25-27)31(16-8)20-12-4/h22-25,28-31H,9-21,38-39H2,1-8H3. The molecule has 0 bridgehead atoms. The molecule has 2 nitrogen and oxygen atoms in total. The van der Waals surface area contributed by atoms with E-state index in [1.807, 2.05) is 0 Å². The van der Waals surface area contributed by atoms with Gasteiger partial charge < -0.3 is 11.5 Å². The molecular formula is C37H62N2. The van der Waals surface area contributed by atoms with E-state index in [2.05, 4.69) is 79.7 Å². The first kappa shape index (κ1) is 33.2. The lowest BCUT2D eigenvalue weighted by Crippen LogP contribution is -2.11. The van der Waals surface area contributed by atoms with Gasteiger partial charge in [0.2, 0.25) is 0 Å². The minimum atomic E-state index is 0.536. The summed E-state index contributed by atoms with van der Waals surface area (Å²) in [6.45, 7) is 18.5. The Morgan fingerprint density at radius 3 is 0.846 bits per heavy atom. The summed E-state index contributed by atoms with van der Waals surface area (Å²) < 4.78 is 0. The maximum Gasteiger partial charge on any atom is 0.0385 e. The van der Waals surface area contributed by atoms with Crippen molar-refractivity contribution in [1.82, 2.24) is 0 Å². The van der Waals surface area contributed by atoms with Crippen molar-refractivity contribution >= 4 is 11.4 Å². The predicted molar refractivity (Wildman–Crippen MR) is 176 cm³/mol. The molecule has 2 aromatic carbocycles. The topological polar surface area (TPSA) is 52.0 Å². The minimum absolute atomic E-state index is 0.536. The summed E-state index contributed by atoms with van der Waals surface area (Å²) in [7, 11) is 0. The van der Waals surface area contributed by atoms with Gasteiger partial charge in [-0.3, -0.25) is 0 Å². The molecular weight excluding hydrogens is 472 g/mol. The van der Waals surface area contributed by atoms with Crippen molar-refractivity contribution in [3.63, 3.8) is 0 Å². The summed E-state index contributed by atoms with van der Waals surface area (Å²) in [4.78, 5) is 0. The third-order valence-corrected chi connectivity index (χ3v) is 9.29. The van der Waals surface area contributed by atoms with Crippen molar-refractivity contribution < 1.29 is 0 Å². The highest BCUT2D eigenvalue weighted by Gasteiger charge is 2.23. The van der Waals surface area contributed by atoms with Crippen molar-refractivity contribution in [2.24, 2.45) is 0 Å². The van der Waals surface area contributed by atoms with Crippen LogP contribution >= 0.6 is 0 Å². The highest BCUT2D eigenvalue weighted by Crippen LogP contribution is 2.41. The molecule has 0 aliphatic heterocycles. The molecule has 0 spiro atoms. The number of nitrogen functional groups attached to an aromatic ring is 2. The van der Waals surface area contributed by atoms with Gasteiger partial charge in [-0.2, -0.15) is 0 Å². The zero-order valence-electron chi connectivity index (χ0n) is 27.0. The lowest BCUT2D eigenvalue weighted by atomic mass is 9.80. The summed E-state index contributed by atoms with van der Waals surface area (Å²) in [5.41, 5.74) is 24.6. The van der Waals surface area contributed by atoms with Crippen LogP contribution in [0.1, 0.15) is 189 Å². The number of rotatable bonds is 18. The number of nitrogens with two attached hydrogens (primary N) is 2. The first-order valence-electron chi connectivity index (χ1n) is 16.7. The van der Waals surface area contributed by atoms with Crippen LogP contribution in [0.25, 0.3) is 0 Å². The largest absolute Gasteiger partial charge is 0.398 e. The van der Waals surface area contributed by atoms with Crippen molar-refractivity contribution in [1.29, 1.82) is 0 Å². The third-order valence-electron chi connectivity index (χ3n) is 9.29. The van der Waals surface area contributed by atoms with Gasteiger partial charge in [0, 0.05) is 11.4 Å². The van der Waals surface area contributed by atoms with E-state index in [9.17, 15) is 0 Å². The highest BCUT2D eigenvalue weighted by molar-refractivity contribution is 5.61. The van der Waals surface area contributed by atoms with E-state index >= 15 is 0 Å². The zero-order chi connectivity index (χ0) is 28.9. The van der Waals surface area contributed by atoms with Crippen molar-refractivity contribution in [2.75, 3.05) is 11.5 Å². The normalized spacial score (nSPS) is 14.8. The molecule has 2 rings (SSSR count). The average Bonchev–Trinajstić information content (AvgIpc) is 2.94. The summed E-state index contributed by atoms with van der Waals surface area (Å²) >= 11 is 0. The molecule has 0 radical (unpaired) electrons. The van der Waals surface area contributed by atoms with Gasteiger partial charge in [-0.25, -0.2) is 0 Å². The van der Waals surface area contributed by atoms with Gasteiger partial charge in [0.25, 0.3) is 0 Å². The smallest absolute Gasteiger partial charge is 0.0385 e. The van der Waals surface area contributed by atoms with Crippen molar-refractivity contribution in [3.8, 4) is 0 Å². The van der Waals surface area contributed by atoms with E-state index in [1.54, 1.807) is 0 Å². The second kappa shape index (κ2) is 17.0. The number of hydrogen-bond donors (Lipinski definition) is 2. The van der Waals surface area contributed by atoms with E-state index in [1.165, 1.54) is 84.7 Å². The highest BCUT2D eigenvalue weighted by atomic mass is 14.6.